The Bertz CT molecular complexity index is 889. The second-order valence-electron chi connectivity index (χ2n) is 6.04. The summed E-state index contributed by atoms with van der Waals surface area (Å²) in [6.07, 6.45) is 5.13. The van der Waals surface area contributed by atoms with Crippen LogP contribution in [-0.4, -0.2) is 61.4 Å². The predicted molar refractivity (Wildman–Crippen MR) is 89.0 cm³/mol. The molecule has 0 bridgehead atoms. The van der Waals surface area contributed by atoms with Gasteiger partial charge in [-0.1, -0.05) is 0 Å². The fourth-order valence-corrected chi connectivity index (χ4v) is 3.10. The largest absolute Gasteiger partial charge is 0.353 e. The number of carbonyl (C=O) groups is 1. The molecule has 1 saturated heterocycles. The lowest BCUT2D eigenvalue weighted by Gasteiger charge is -2.35. The molecule has 3 aromatic heterocycles. The van der Waals surface area contributed by atoms with Gasteiger partial charge in [-0.25, -0.2) is 4.98 Å². The maximum absolute atomic E-state index is 12.5. The van der Waals surface area contributed by atoms with Crippen LogP contribution in [0.4, 0.5) is 5.82 Å². The average Bonchev–Trinajstić information content (AvgIpc) is 3.22. The van der Waals surface area contributed by atoms with Gasteiger partial charge in [0.1, 0.15) is 5.82 Å². The van der Waals surface area contributed by atoms with E-state index < -0.39 is 0 Å². The molecule has 1 aliphatic heterocycles. The first-order valence-corrected chi connectivity index (χ1v) is 7.96. The number of piperazine rings is 1. The molecular formula is C16H19N7O. The zero-order valence-corrected chi connectivity index (χ0v) is 13.8. The van der Waals surface area contributed by atoms with Crippen LogP contribution in [0.3, 0.4) is 0 Å². The van der Waals surface area contributed by atoms with Gasteiger partial charge in [0, 0.05) is 57.3 Å². The molecule has 4 rings (SSSR count). The van der Waals surface area contributed by atoms with E-state index in [1.165, 1.54) is 0 Å². The molecule has 0 radical (unpaired) electrons. The number of amides is 1. The van der Waals surface area contributed by atoms with Crippen molar-refractivity contribution in [2.24, 2.45) is 7.05 Å². The van der Waals surface area contributed by atoms with E-state index in [0.29, 0.717) is 18.7 Å². The number of nitrogens with zero attached hydrogens (tertiary/aromatic N) is 7. The van der Waals surface area contributed by atoms with Crippen LogP contribution in [0.5, 0.6) is 0 Å². The number of anilines is 1. The first-order valence-electron chi connectivity index (χ1n) is 7.96. The summed E-state index contributed by atoms with van der Waals surface area (Å²) >= 11 is 0. The van der Waals surface area contributed by atoms with Crippen molar-refractivity contribution in [3.63, 3.8) is 0 Å². The predicted octanol–water partition coefficient (Wildman–Crippen LogP) is 0.734. The van der Waals surface area contributed by atoms with Crippen LogP contribution in [-0.2, 0) is 7.05 Å². The Morgan fingerprint density at radius 1 is 1.17 bits per heavy atom. The average molecular weight is 325 g/mol. The molecule has 1 aliphatic rings. The Labute approximate surface area is 139 Å². The molecule has 0 spiro atoms. The molecule has 1 fully saturated rings. The van der Waals surface area contributed by atoms with E-state index in [2.05, 4.69) is 20.1 Å². The standard InChI is InChI=1S/C16H19N7O/c1-12-9-15(23-14(19-12)3-4-17-23)21-5-7-22(8-6-21)16(24)13-10-18-20(2)11-13/h3-4,9-11H,5-8H2,1-2H3. The number of fused-ring (bicyclic) bond motifs is 1. The van der Waals surface area contributed by atoms with Crippen LogP contribution in [0, 0.1) is 6.92 Å². The van der Waals surface area contributed by atoms with Crippen molar-refractivity contribution in [2.45, 2.75) is 6.92 Å². The highest BCUT2D eigenvalue weighted by atomic mass is 16.2. The number of hydrogen-bond acceptors (Lipinski definition) is 5. The molecule has 0 saturated carbocycles. The second kappa shape index (κ2) is 5.63. The molecule has 0 atom stereocenters. The quantitative estimate of drug-likeness (QED) is 0.695. The number of aryl methyl sites for hydroxylation is 2. The zero-order chi connectivity index (χ0) is 16.7. The Balaban J connectivity index is 1.51. The van der Waals surface area contributed by atoms with Crippen LogP contribution in [0.2, 0.25) is 0 Å². The number of rotatable bonds is 2. The van der Waals surface area contributed by atoms with Gasteiger partial charge in [0.25, 0.3) is 5.91 Å². The normalized spacial score (nSPS) is 15.2. The summed E-state index contributed by atoms with van der Waals surface area (Å²) in [4.78, 5) is 21.1. The SMILES string of the molecule is Cc1cc(N2CCN(C(=O)c3cnn(C)c3)CC2)n2nccc2n1. The minimum Gasteiger partial charge on any atom is -0.353 e. The fraction of sp³-hybridized carbons (Fsp3) is 0.375. The summed E-state index contributed by atoms with van der Waals surface area (Å²) < 4.78 is 3.50. The smallest absolute Gasteiger partial charge is 0.257 e. The van der Waals surface area contributed by atoms with Crippen molar-refractivity contribution < 1.29 is 4.79 Å². The highest BCUT2D eigenvalue weighted by Crippen LogP contribution is 2.19. The van der Waals surface area contributed by atoms with Crippen LogP contribution in [0.1, 0.15) is 16.1 Å². The molecule has 0 N–H and O–H groups in total. The van der Waals surface area contributed by atoms with E-state index >= 15 is 0 Å². The lowest BCUT2D eigenvalue weighted by atomic mass is 10.2. The molecular weight excluding hydrogens is 306 g/mol. The Hall–Kier alpha value is -2.90. The van der Waals surface area contributed by atoms with Crippen molar-refractivity contribution in [1.82, 2.24) is 29.3 Å². The van der Waals surface area contributed by atoms with Gasteiger partial charge >= 0.3 is 0 Å². The topological polar surface area (TPSA) is 71.6 Å². The van der Waals surface area contributed by atoms with Gasteiger partial charge in [-0.15, -0.1) is 0 Å². The molecule has 0 aromatic carbocycles. The minimum absolute atomic E-state index is 0.0397. The molecule has 1 amide bonds. The van der Waals surface area contributed by atoms with Crippen LogP contribution in [0.25, 0.3) is 5.65 Å². The van der Waals surface area contributed by atoms with E-state index in [0.717, 1.165) is 30.2 Å². The lowest BCUT2D eigenvalue weighted by Crippen LogP contribution is -2.49. The van der Waals surface area contributed by atoms with Gasteiger partial charge in [-0.3, -0.25) is 9.48 Å². The Morgan fingerprint density at radius 2 is 1.96 bits per heavy atom. The van der Waals surface area contributed by atoms with Gasteiger partial charge in [0.05, 0.1) is 18.0 Å². The van der Waals surface area contributed by atoms with Gasteiger partial charge in [-0.05, 0) is 6.92 Å². The van der Waals surface area contributed by atoms with Crippen LogP contribution in [0.15, 0.2) is 30.7 Å². The lowest BCUT2D eigenvalue weighted by molar-refractivity contribution is 0.0746. The van der Waals surface area contributed by atoms with Gasteiger partial charge in [0.15, 0.2) is 5.65 Å². The number of aromatic nitrogens is 5. The fourth-order valence-electron chi connectivity index (χ4n) is 3.10. The summed E-state index contributed by atoms with van der Waals surface area (Å²) in [5.74, 6) is 1.06. The maximum atomic E-state index is 12.5. The van der Waals surface area contributed by atoms with E-state index in [-0.39, 0.29) is 5.91 Å². The minimum atomic E-state index is 0.0397. The highest BCUT2D eigenvalue weighted by molar-refractivity contribution is 5.93. The molecule has 8 nitrogen and oxygen atoms in total. The number of carbonyl (C=O) groups excluding carboxylic acids is 1. The summed E-state index contributed by atoms with van der Waals surface area (Å²) in [5.41, 5.74) is 2.45. The molecule has 124 valence electrons. The first-order chi connectivity index (χ1) is 11.6. The molecule has 3 aromatic rings. The van der Waals surface area contributed by atoms with Crippen molar-refractivity contribution in [3.8, 4) is 0 Å². The third-order valence-corrected chi connectivity index (χ3v) is 4.31. The van der Waals surface area contributed by atoms with Crippen molar-refractivity contribution in [2.75, 3.05) is 31.1 Å². The highest BCUT2D eigenvalue weighted by Gasteiger charge is 2.24. The maximum Gasteiger partial charge on any atom is 0.257 e. The van der Waals surface area contributed by atoms with Gasteiger partial charge in [-0.2, -0.15) is 14.7 Å². The van der Waals surface area contributed by atoms with E-state index in [1.807, 2.05) is 35.5 Å². The molecule has 4 heterocycles. The van der Waals surface area contributed by atoms with Gasteiger partial charge < -0.3 is 9.80 Å². The third kappa shape index (κ3) is 2.49. The molecule has 0 unspecified atom stereocenters. The second-order valence-corrected chi connectivity index (χ2v) is 6.04. The monoisotopic (exact) mass is 325 g/mol. The zero-order valence-electron chi connectivity index (χ0n) is 13.8. The Morgan fingerprint density at radius 3 is 2.67 bits per heavy atom. The van der Waals surface area contributed by atoms with E-state index in [4.69, 9.17) is 0 Å². The van der Waals surface area contributed by atoms with Crippen molar-refractivity contribution in [1.29, 1.82) is 0 Å². The molecule has 24 heavy (non-hydrogen) atoms. The van der Waals surface area contributed by atoms with Gasteiger partial charge in [0.2, 0.25) is 0 Å². The van der Waals surface area contributed by atoms with Crippen molar-refractivity contribution >= 4 is 17.4 Å². The van der Waals surface area contributed by atoms with Crippen LogP contribution >= 0.6 is 0 Å². The third-order valence-electron chi connectivity index (χ3n) is 4.31. The summed E-state index contributed by atoms with van der Waals surface area (Å²) in [6.45, 7) is 4.88. The Kier molecular flexibility index (Phi) is 3.44. The number of hydrogen-bond donors (Lipinski definition) is 0. The summed E-state index contributed by atoms with van der Waals surface area (Å²) in [7, 11) is 1.82. The first kappa shape index (κ1) is 14.7. The molecule has 0 aliphatic carbocycles. The van der Waals surface area contributed by atoms with E-state index in [1.54, 1.807) is 23.3 Å². The van der Waals surface area contributed by atoms with Crippen molar-refractivity contribution in [3.05, 3.63) is 42.0 Å². The van der Waals surface area contributed by atoms with E-state index in [9.17, 15) is 4.79 Å². The summed E-state index contributed by atoms with van der Waals surface area (Å²) in [5, 5.41) is 8.43. The van der Waals surface area contributed by atoms with Crippen LogP contribution < -0.4 is 4.90 Å². The molecule has 8 heteroatoms. The summed E-state index contributed by atoms with van der Waals surface area (Å²) in [6, 6.07) is 3.94.